The van der Waals surface area contributed by atoms with E-state index >= 15 is 0 Å². The van der Waals surface area contributed by atoms with E-state index in [1.165, 1.54) is 31.2 Å². The number of anilines is 1. The van der Waals surface area contributed by atoms with Gasteiger partial charge in [0.05, 0.1) is 16.3 Å². The van der Waals surface area contributed by atoms with E-state index in [1.807, 2.05) is 0 Å². The van der Waals surface area contributed by atoms with Crippen LogP contribution in [-0.4, -0.2) is 24.5 Å². The van der Waals surface area contributed by atoms with Crippen LogP contribution in [0.5, 0.6) is 5.75 Å². The summed E-state index contributed by atoms with van der Waals surface area (Å²) >= 11 is 5.93. The molecule has 132 valence electrons. The first-order valence-corrected chi connectivity index (χ1v) is 7.66. The maximum atomic E-state index is 12.4. The quantitative estimate of drug-likeness (QED) is 0.817. The van der Waals surface area contributed by atoms with Gasteiger partial charge in [-0.15, -0.1) is 0 Å². The van der Waals surface area contributed by atoms with Crippen LogP contribution in [0.25, 0.3) is 0 Å². The van der Waals surface area contributed by atoms with Gasteiger partial charge in [-0.25, -0.2) is 0 Å². The number of rotatable bonds is 6. The monoisotopic (exact) mass is 368 g/mol. The Morgan fingerprint density at radius 2 is 1.72 bits per heavy atom. The molecule has 0 aliphatic rings. The van der Waals surface area contributed by atoms with Gasteiger partial charge in [0.25, 0.3) is 5.91 Å². The van der Waals surface area contributed by atoms with E-state index in [4.69, 9.17) is 11.6 Å². The highest BCUT2D eigenvalue weighted by Gasteiger charge is 2.19. The molecule has 2 rings (SSSR count). The Labute approximate surface area is 147 Å². The number of carbonyl (C=O) groups is 2. The maximum Gasteiger partial charge on any atom is 0.387 e. The molecule has 0 saturated carbocycles. The molecule has 1 atom stereocenters. The highest BCUT2D eigenvalue weighted by molar-refractivity contribution is 6.33. The van der Waals surface area contributed by atoms with Crippen molar-refractivity contribution in [1.29, 1.82) is 0 Å². The van der Waals surface area contributed by atoms with Crippen molar-refractivity contribution in [3.63, 3.8) is 0 Å². The smallest absolute Gasteiger partial charge is 0.387 e. The van der Waals surface area contributed by atoms with Gasteiger partial charge in [-0.1, -0.05) is 35.9 Å². The number of carbonyl (C=O) groups excluding carboxylic acids is 2. The van der Waals surface area contributed by atoms with Crippen LogP contribution in [0, 0.1) is 0 Å². The molecular formula is C17H15ClF2N2O3. The molecule has 0 aliphatic carbocycles. The summed E-state index contributed by atoms with van der Waals surface area (Å²) in [7, 11) is 0. The summed E-state index contributed by atoms with van der Waals surface area (Å²) in [5, 5.41) is 5.19. The number of benzene rings is 2. The summed E-state index contributed by atoms with van der Waals surface area (Å²) in [4.78, 5) is 24.3. The molecule has 0 aromatic heterocycles. The zero-order valence-corrected chi connectivity index (χ0v) is 13.9. The number of halogens is 3. The molecule has 25 heavy (non-hydrogen) atoms. The standard InChI is InChI=1S/C17H15ClF2N2O3/c1-10(21-16(24)11-6-2-3-7-12(11)18)15(23)22-13-8-4-5-9-14(13)25-17(19)20/h2-10,17H,1H3,(H,21,24)(H,22,23). The van der Waals surface area contributed by atoms with Gasteiger partial charge in [-0.05, 0) is 31.2 Å². The predicted molar refractivity (Wildman–Crippen MR) is 90.1 cm³/mol. The van der Waals surface area contributed by atoms with Gasteiger partial charge in [0, 0.05) is 0 Å². The number of hydrogen-bond donors (Lipinski definition) is 2. The van der Waals surface area contributed by atoms with Crippen molar-refractivity contribution >= 4 is 29.1 Å². The average Bonchev–Trinajstić information content (AvgIpc) is 2.56. The van der Waals surface area contributed by atoms with Crippen LogP contribution in [-0.2, 0) is 4.79 Å². The van der Waals surface area contributed by atoms with Gasteiger partial charge in [0.2, 0.25) is 5.91 Å². The third kappa shape index (κ3) is 5.15. The second-order valence-electron chi connectivity index (χ2n) is 5.04. The normalized spacial score (nSPS) is 11.7. The summed E-state index contributed by atoms with van der Waals surface area (Å²) in [6.07, 6.45) is 0. The summed E-state index contributed by atoms with van der Waals surface area (Å²) < 4.78 is 29.1. The van der Waals surface area contributed by atoms with Crippen molar-refractivity contribution in [2.45, 2.75) is 19.6 Å². The highest BCUT2D eigenvalue weighted by Crippen LogP contribution is 2.25. The molecule has 0 radical (unpaired) electrons. The minimum atomic E-state index is -3.02. The second kappa shape index (κ2) is 8.43. The largest absolute Gasteiger partial charge is 0.433 e. The van der Waals surface area contributed by atoms with Gasteiger partial charge >= 0.3 is 6.61 Å². The Morgan fingerprint density at radius 3 is 2.40 bits per heavy atom. The Hall–Kier alpha value is -2.67. The molecule has 0 aliphatic heterocycles. The predicted octanol–water partition coefficient (Wildman–Crippen LogP) is 3.70. The summed E-state index contributed by atoms with van der Waals surface area (Å²) in [6, 6.07) is 11.2. The first-order chi connectivity index (χ1) is 11.9. The number of ether oxygens (including phenoxy) is 1. The third-order valence-electron chi connectivity index (χ3n) is 3.22. The Kier molecular flexibility index (Phi) is 6.30. The van der Waals surface area contributed by atoms with Crippen molar-refractivity contribution < 1.29 is 23.1 Å². The SMILES string of the molecule is CC(NC(=O)c1ccccc1Cl)C(=O)Nc1ccccc1OC(F)F. The van der Waals surface area contributed by atoms with Crippen LogP contribution >= 0.6 is 11.6 Å². The van der Waals surface area contributed by atoms with Crippen LogP contribution in [0.4, 0.5) is 14.5 Å². The molecule has 0 saturated heterocycles. The molecule has 2 aromatic carbocycles. The van der Waals surface area contributed by atoms with Crippen molar-refractivity contribution in [3.05, 3.63) is 59.1 Å². The molecule has 2 N–H and O–H groups in total. The van der Waals surface area contributed by atoms with Gasteiger partial charge in [0.15, 0.2) is 0 Å². The summed E-state index contributed by atoms with van der Waals surface area (Å²) in [6.45, 7) is -1.56. The topological polar surface area (TPSA) is 67.4 Å². The van der Waals surface area contributed by atoms with E-state index in [-0.39, 0.29) is 22.0 Å². The lowest BCUT2D eigenvalue weighted by atomic mass is 10.2. The number of para-hydroxylation sites is 2. The van der Waals surface area contributed by atoms with Crippen molar-refractivity contribution in [1.82, 2.24) is 5.32 Å². The fraction of sp³-hybridized carbons (Fsp3) is 0.176. The minimum Gasteiger partial charge on any atom is -0.433 e. The Balaban J connectivity index is 2.04. The van der Waals surface area contributed by atoms with Crippen molar-refractivity contribution in [3.8, 4) is 5.75 Å². The fourth-order valence-corrected chi connectivity index (χ4v) is 2.22. The lowest BCUT2D eigenvalue weighted by molar-refractivity contribution is -0.117. The van der Waals surface area contributed by atoms with Gasteiger partial charge < -0.3 is 15.4 Å². The molecule has 2 aromatic rings. The number of nitrogens with one attached hydrogen (secondary N) is 2. The molecule has 0 spiro atoms. The summed E-state index contributed by atoms with van der Waals surface area (Å²) in [5.41, 5.74) is 0.303. The zero-order chi connectivity index (χ0) is 18.4. The van der Waals surface area contributed by atoms with E-state index in [0.717, 1.165) is 0 Å². The van der Waals surface area contributed by atoms with Crippen LogP contribution in [0.2, 0.25) is 5.02 Å². The average molecular weight is 369 g/mol. The molecule has 0 heterocycles. The van der Waals surface area contributed by atoms with Crippen molar-refractivity contribution in [2.24, 2.45) is 0 Å². The first kappa shape index (κ1) is 18.7. The van der Waals surface area contributed by atoms with Crippen molar-refractivity contribution in [2.75, 3.05) is 5.32 Å². The van der Waals surface area contributed by atoms with E-state index in [0.29, 0.717) is 0 Å². The van der Waals surface area contributed by atoms with E-state index in [9.17, 15) is 18.4 Å². The molecule has 2 amide bonds. The third-order valence-corrected chi connectivity index (χ3v) is 3.55. The second-order valence-corrected chi connectivity index (χ2v) is 5.45. The van der Waals surface area contributed by atoms with Crippen LogP contribution < -0.4 is 15.4 Å². The molecule has 8 heteroatoms. The highest BCUT2D eigenvalue weighted by atomic mass is 35.5. The van der Waals surface area contributed by atoms with E-state index in [1.54, 1.807) is 24.3 Å². The minimum absolute atomic E-state index is 0.0756. The lowest BCUT2D eigenvalue weighted by Gasteiger charge is -2.16. The van der Waals surface area contributed by atoms with Gasteiger partial charge in [0.1, 0.15) is 11.8 Å². The van der Waals surface area contributed by atoms with Gasteiger partial charge in [-0.3, -0.25) is 9.59 Å². The zero-order valence-electron chi connectivity index (χ0n) is 13.1. The lowest BCUT2D eigenvalue weighted by Crippen LogP contribution is -2.41. The maximum absolute atomic E-state index is 12.4. The number of hydrogen-bond acceptors (Lipinski definition) is 3. The number of amides is 2. The molecule has 0 bridgehead atoms. The van der Waals surface area contributed by atoms with Crippen LogP contribution in [0.1, 0.15) is 17.3 Å². The van der Waals surface area contributed by atoms with E-state index < -0.39 is 24.5 Å². The van der Waals surface area contributed by atoms with Gasteiger partial charge in [-0.2, -0.15) is 8.78 Å². The first-order valence-electron chi connectivity index (χ1n) is 7.28. The molecular weight excluding hydrogens is 354 g/mol. The molecule has 1 unspecified atom stereocenters. The van der Waals surface area contributed by atoms with Crippen LogP contribution in [0.3, 0.4) is 0 Å². The van der Waals surface area contributed by atoms with E-state index in [2.05, 4.69) is 15.4 Å². The Morgan fingerprint density at radius 1 is 1.08 bits per heavy atom. The Bertz CT molecular complexity index is 771. The molecule has 5 nitrogen and oxygen atoms in total. The fourth-order valence-electron chi connectivity index (χ4n) is 1.99. The summed E-state index contributed by atoms with van der Waals surface area (Å²) in [5.74, 6) is -1.29. The molecule has 0 fully saturated rings. The van der Waals surface area contributed by atoms with Crippen LogP contribution in [0.15, 0.2) is 48.5 Å². The number of alkyl halides is 2.